The molecule has 6 heteroatoms. The molecule has 25 heavy (non-hydrogen) atoms. The van der Waals surface area contributed by atoms with Gasteiger partial charge >= 0.3 is 0 Å². The van der Waals surface area contributed by atoms with Gasteiger partial charge in [-0.1, -0.05) is 25.3 Å². The zero-order valence-electron chi connectivity index (χ0n) is 14.4. The van der Waals surface area contributed by atoms with Crippen molar-refractivity contribution in [3.8, 4) is 0 Å². The van der Waals surface area contributed by atoms with Crippen molar-refractivity contribution in [1.82, 2.24) is 10.6 Å². The molecule has 134 valence electrons. The van der Waals surface area contributed by atoms with E-state index in [1.54, 1.807) is 23.1 Å². The van der Waals surface area contributed by atoms with Gasteiger partial charge in [-0.2, -0.15) is 0 Å². The molecule has 0 unspecified atom stereocenters. The standard InChI is InChI=1S/C19H25N3O3/c23-17(21-15-7-2-1-3-8-15)13-20-19(25)14-6-4-9-16(12-14)22-11-5-10-18(22)24/h4,6,9,12,15H,1-3,5,7-8,10-11,13H2,(H,20,25)(H,21,23). The third-order valence-corrected chi connectivity index (χ3v) is 4.87. The monoisotopic (exact) mass is 343 g/mol. The van der Waals surface area contributed by atoms with E-state index < -0.39 is 0 Å². The summed E-state index contributed by atoms with van der Waals surface area (Å²) in [4.78, 5) is 37.8. The van der Waals surface area contributed by atoms with Crippen molar-refractivity contribution >= 4 is 23.4 Å². The molecular formula is C19H25N3O3. The average Bonchev–Trinajstić information content (AvgIpc) is 3.06. The van der Waals surface area contributed by atoms with Gasteiger partial charge in [0.25, 0.3) is 5.91 Å². The fourth-order valence-corrected chi connectivity index (χ4v) is 3.52. The highest BCUT2D eigenvalue weighted by atomic mass is 16.2. The SMILES string of the molecule is O=C(CNC(=O)c1cccc(N2CCCC2=O)c1)NC1CCCCC1. The van der Waals surface area contributed by atoms with Gasteiger partial charge in [0, 0.05) is 30.3 Å². The molecule has 2 N–H and O–H groups in total. The van der Waals surface area contributed by atoms with Crippen LogP contribution in [-0.4, -0.2) is 36.9 Å². The molecule has 1 aliphatic heterocycles. The van der Waals surface area contributed by atoms with Crippen LogP contribution >= 0.6 is 0 Å². The van der Waals surface area contributed by atoms with Crippen LogP contribution in [0.25, 0.3) is 0 Å². The Bertz CT molecular complexity index is 653. The first-order valence-electron chi connectivity index (χ1n) is 9.11. The summed E-state index contributed by atoms with van der Waals surface area (Å²) in [6.45, 7) is 0.663. The molecule has 0 aromatic heterocycles. The summed E-state index contributed by atoms with van der Waals surface area (Å²) in [6.07, 6.45) is 6.98. The number of hydrogen-bond acceptors (Lipinski definition) is 3. The second kappa shape index (κ2) is 8.14. The van der Waals surface area contributed by atoms with E-state index in [-0.39, 0.29) is 30.3 Å². The lowest BCUT2D eigenvalue weighted by Crippen LogP contribution is -2.42. The van der Waals surface area contributed by atoms with Crippen molar-refractivity contribution in [2.75, 3.05) is 18.0 Å². The quantitative estimate of drug-likeness (QED) is 0.858. The van der Waals surface area contributed by atoms with Gasteiger partial charge in [-0.05, 0) is 37.5 Å². The smallest absolute Gasteiger partial charge is 0.251 e. The van der Waals surface area contributed by atoms with Gasteiger partial charge in [-0.15, -0.1) is 0 Å². The number of carbonyl (C=O) groups is 3. The molecule has 6 nitrogen and oxygen atoms in total. The minimum Gasteiger partial charge on any atom is -0.352 e. The lowest BCUT2D eigenvalue weighted by Gasteiger charge is -2.22. The minimum atomic E-state index is -0.299. The van der Waals surface area contributed by atoms with Gasteiger partial charge in [0.1, 0.15) is 0 Å². The molecule has 0 bridgehead atoms. The van der Waals surface area contributed by atoms with E-state index in [1.807, 2.05) is 6.07 Å². The van der Waals surface area contributed by atoms with E-state index in [4.69, 9.17) is 0 Å². The molecule has 1 heterocycles. The highest BCUT2D eigenvalue weighted by molar-refractivity contribution is 6.00. The molecule has 1 aliphatic carbocycles. The van der Waals surface area contributed by atoms with Crippen molar-refractivity contribution in [2.45, 2.75) is 51.0 Å². The van der Waals surface area contributed by atoms with Crippen LogP contribution in [-0.2, 0) is 9.59 Å². The second-order valence-corrected chi connectivity index (χ2v) is 6.78. The number of carbonyl (C=O) groups excluding carboxylic acids is 3. The lowest BCUT2D eigenvalue weighted by atomic mass is 9.95. The molecule has 0 radical (unpaired) electrons. The summed E-state index contributed by atoms with van der Waals surface area (Å²) in [5, 5.41) is 5.64. The first-order valence-corrected chi connectivity index (χ1v) is 9.11. The van der Waals surface area contributed by atoms with Crippen LogP contribution in [0.4, 0.5) is 5.69 Å². The number of benzene rings is 1. The molecule has 1 aromatic rings. The largest absolute Gasteiger partial charge is 0.352 e. The molecule has 2 fully saturated rings. The van der Waals surface area contributed by atoms with Crippen LogP contribution in [0.5, 0.6) is 0 Å². The van der Waals surface area contributed by atoms with Crippen molar-refractivity contribution in [2.24, 2.45) is 0 Å². The van der Waals surface area contributed by atoms with E-state index in [0.717, 1.165) is 37.8 Å². The highest BCUT2D eigenvalue weighted by Gasteiger charge is 2.22. The number of anilines is 1. The van der Waals surface area contributed by atoms with Crippen molar-refractivity contribution < 1.29 is 14.4 Å². The third kappa shape index (κ3) is 4.59. The number of nitrogens with one attached hydrogen (secondary N) is 2. The predicted octanol–water partition coefficient (Wildman–Crippen LogP) is 1.99. The summed E-state index contributed by atoms with van der Waals surface area (Å²) >= 11 is 0. The average molecular weight is 343 g/mol. The van der Waals surface area contributed by atoms with E-state index in [1.165, 1.54) is 6.42 Å². The third-order valence-electron chi connectivity index (χ3n) is 4.87. The molecule has 2 aliphatic rings. The molecule has 3 amide bonds. The topological polar surface area (TPSA) is 78.5 Å². The van der Waals surface area contributed by atoms with Crippen LogP contribution in [0.1, 0.15) is 55.3 Å². The van der Waals surface area contributed by atoms with Crippen LogP contribution in [0.2, 0.25) is 0 Å². The Morgan fingerprint density at radius 1 is 1.12 bits per heavy atom. The zero-order valence-corrected chi connectivity index (χ0v) is 14.4. The van der Waals surface area contributed by atoms with Gasteiger partial charge < -0.3 is 15.5 Å². The van der Waals surface area contributed by atoms with Gasteiger partial charge in [-0.3, -0.25) is 14.4 Å². The summed E-state index contributed by atoms with van der Waals surface area (Å²) in [5.41, 5.74) is 1.20. The van der Waals surface area contributed by atoms with E-state index >= 15 is 0 Å². The predicted molar refractivity (Wildman–Crippen MR) is 95.4 cm³/mol. The second-order valence-electron chi connectivity index (χ2n) is 6.78. The Morgan fingerprint density at radius 2 is 1.92 bits per heavy atom. The maximum Gasteiger partial charge on any atom is 0.251 e. The minimum absolute atomic E-state index is 0.0256. The van der Waals surface area contributed by atoms with Crippen LogP contribution in [0, 0.1) is 0 Å². The lowest BCUT2D eigenvalue weighted by molar-refractivity contribution is -0.121. The molecule has 1 saturated heterocycles. The van der Waals surface area contributed by atoms with E-state index in [0.29, 0.717) is 18.5 Å². The normalized spacial score (nSPS) is 18.2. The molecule has 0 spiro atoms. The van der Waals surface area contributed by atoms with Gasteiger partial charge in [0.05, 0.1) is 6.54 Å². The molecular weight excluding hydrogens is 318 g/mol. The van der Waals surface area contributed by atoms with Crippen LogP contribution in [0.15, 0.2) is 24.3 Å². The summed E-state index contributed by atoms with van der Waals surface area (Å²) < 4.78 is 0. The maximum absolute atomic E-state index is 12.3. The number of rotatable bonds is 5. The Labute approximate surface area is 148 Å². The number of hydrogen-bond donors (Lipinski definition) is 2. The Kier molecular flexibility index (Phi) is 5.68. The van der Waals surface area contributed by atoms with E-state index in [9.17, 15) is 14.4 Å². The zero-order chi connectivity index (χ0) is 17.6. The van der Waals surface area contributed by atoms with Crippen molar-refractivity contribution in [3.05, 3.63) is 29.8 Å². The Balaban J connectivity index is 1.52. The first kappa shape index (κ1) is 17.5. The fraction of sp³-hybridized carbons (Fsp3) is 0.526. The fourth-order valence-electron chi connectivity index (χ4n) is 3.52. The van der Waals surface area contributed by atoms with Crippen molar-refractivity contribution in [1.29, 1.82) is 0 Å². The van der Waals surface area contributed by atoms with E-state index in [2.05, 4.69) is 10.6 Å². The van der Waals surface area contributed by atoms with Gasteiger partial charge in [0.15, 0.2) is 0 Å². The first-order chi connectivity index (χ1) is 12.1. The van der Waals surface area contributed by atoms with Crippen LogP contribution < -0.4 is 15.5 Å². The number of nitrogens with zero attached hydrogens (tertiary/aromatic N) is 1. The summed E-state index contributed by atoms with van der Waals surface area (Å²) in [5.74, 6) is -0.358. The van der Waals surface area contributed by atoms with Gasteiger partial charge in [0.2, 0.25) is 11.8 Å². The van der Waals surface area contributed by atoms with Gasteiger partial charge in [-0.25, -0.2) is 0 Å². The molecule has 3 rings (SSSR count). The molecule has 1 aromatic carbocycles. The van der Waals surface area contributed by atoms with Crippen molar-refractivity contribution in [3.63, 3.8) is 0 Å². The van der Waals surface area contributed by atoms with Crippen LogP contribution in [0.3, 0.4) is 0 Å². The molecule has 1 saturated carbocycles. The maximum atomic E-state index is 12.3. The summed E-state index contributed by atoms with van der Waals surface area (Å²) in [6, 6.07) is 7.23. The summed E-state index contributed by atoms with van der Waals surface area (Å²) in [7, 11) is 0. The Morgan fingerprint density at radius 3 is 2.64 bits per heavy atom. The Hall–Kier alpha value is -2.37. The number of amides is 3. The highest BCUT2D eigenvalue weighted by Crippen LogP contribution is 2.22. The molecule has 0 atom stereocenters.